The fourth-order valence-corrected chi connectivity index (χ4v) is 4.77. The lowest BCUT2D eigenvalue weighted by molar-refractivity contribution is -0.132. The quantitative estimate of drug-likeness (QED) is 0.209. The van der Waals surface area contributed by atoms with Crippen molar-refractivity contribution in [3.05, 3.63) is 93.5 Å². The molecule has 1 N–H and O–H groups in total. The molecule has 0 radical (unpaired) electrons. The highest BCUT2D eigenvalue weighted by Crippen LogP contribution is 2.46. The Labute approximate surface area is 218 Å². The average molecular weight is 522 g/mol. The topological polar surface area (TPSA) is 102 Å². The molecule has 1 heterocycles. The summed E-state index contributed by atoms with van der Waals surface area (Å²) in [6, 6.07) is 15.2. The van der Waals surface area contributed by atoms with Crippen LogP contribution in [0.2, 0.25) is 5.02 Å². The summed E-state index contributed by atoms with van der Waals surface area (Å²) in [5.41, 5.74) is 1.81. The van der Waals surface area contributed by atoms with E-state index in [4.69, 9.17) is 25.8 Å². The largest absolute Gasteiger partial charge is 0.507 e. The lowest BCUT2D eigenvalue weighted by Gasteiger charge is -2.27. The van der Waals surface area contributed by atoms with Crippen LogP contribution in [0.25, 0.3) is 5.76 Å². The van der Waals surface area contributed by atoms with Gasteiger partial charge in [-0.05, 0) is 55.0 Å². The summed E-state index contributed by atoms with van der Waals surface area (Å²) < 4.78 is 15.7. The van der Waals surface area contributed by atoms with E-state index in [9.17, 15) is 19.5 Å². The molecule has 9 heteroatoms. The second-order valence-electron chi connectivity index (χ2n) is 8.28. The van der Waals surface area contributed by atoms with Crippen LogP contribution in [0, 0.1) is 6.92 Å². The number of nitrogens with zero attached hydrogens (tertiary/aromatic N) is 1. The summed E-state index contributed by atoms with van der Waals surface area (Å²) in [6.45, 7) is 1.78. The third-order valence-corrected chi connectivity index (χ3v) is 6.37. The third-order valence-electron chi connectivity index (χ3n) is 6.09. The normalized spacial score (nSPS) is 16.6. The van der Waals surface area contributed by atoms with Crippen molar-refractivity contribution in [3.8, 4) is 11.5 Å². The first-order valence-corrected chi connectivity index (χ1v) is 11.6. The summed E-state index contributed by atoms with van der Waals surface area (Å²) in [5.74, 6) is -2.17. The van der Waals surface area contributed by atoms with Gasteiger partial charge in [0.05, 0.1) is 49.1 Å². The zero-order valence-corrected chi connectivity index (χ0v) is 21.3. The van der Waals surface area contributed by atoms with Crippen molar-refractivity contribution >= 4 is 40.7 Å². The summed E-state index contributed by atoms with van der Waals surface area (Å²) >= 11 is 6.35. The molecule has 0 aliphatic carbocycles. The molecule has 1 unspecified atom stereocenters. The lowest BCUT2D eigenvalue weighted by Crippen LogP contribution is -2.29. The molecule has 8 nitrogen and oxygen atoms in total. The number of aliphatic hydroxyl groups is 1. The molecule has 1 aliphatic rings. The second kappa shape index (κ2) is 10.4. The molecule has 37 heavy (non-hydrogen) atoms. The standard InChI is InChI=1S/C28H24ClNO7/c1-15-13-19(26(36-3)20(29)14-15)24(31)22-23(18-7-5-6-8-21(18)35-2)30(27(33)25(22)32)17-11-9-16(10-12-17)28(34)37-4/h5-14,23,31H,1-4H3/b24-22+. The summed E-state index contributed by atoms with van der Waals surface area (Å²) in [4.78, 5) is 40.1. The van der Waals surface area contributed by atoms with Crippen molar-refractivity contribution in [3.63, 3.8) is 0 Å². The van der Waals surface area contributed by atoms with E-state index in [1.807, 2.05) is 0 Å². The molecular formula is C28H24ClNO7. The number of esters is 1. The summed E-state index contributed by atoms with van der Waals surface area (Å²) in [5, 5.41) is 11.8. The van der Waals surface area contributed by atoms with Crippen LogP contribution >= 0.6 is 11.6 Å². The highest BCUT2D eigenvalue weighted by molar-refractivity contribution is 6.51. The summed E-state index contributed by atoms with van der Waals surface area (Å²) in [6.07, 6.45) is 0. The number of anilines is 1. The van der Waals surface area contributed by atoms with Crippen molar-refractivity contribution < 1.29 is 33.7 Å². The maximum atomic E-state index is 13.5. The van der Waals surface area contributed by atoms with Crippen LogP contribution in [0.15, 0.2) is 66.2 Å². The third kappa shape index (κ3) is 4.51. The second-order valence-corrected chi connectivity index (χ2v) is 8.68. The van der Waals surface area contributed by atoms with Gasteiger partial charge >= 0.3 is 5.97 Å². The monoisotopic (exact) mass is 521 g/mol. The number of carbonyl (C=O) groups excluding carboxylic acids is 3. The van der Waals surface area contributed by atoms with E-state index in [0.29, 0.717) is 22.6 Å². The van der Waals surface area contributed by atoms with Gasteiger partial charge in [-0.25, -0.2) is 4.79 Å². The van der Waals surface area contributed by atoms with Gasteiger partial charge in [0.25, 0.3) is 11.7 Å². The number of para-hydroxylation sites is 1. The lowest BCUT2D eigenvalue weighted by atomic mass is 9.93. The van der Waals surface area contributed by atoms with E-state index in [2.05, 4.69) is 0 Å². The molecule has 0 bridgehead atoms. The Morgan fingerprint density at radius 2 is 1.65 bits per heavy atom. The fraction of sp³-hybridized carbons (Fsp3) is 0.179. The van der Waals surface area contributed by atoms with Crippen molar-refractivity contribution in [2.24, 2.45) is 0 Å². The Hall–Kier alpha value is -4.30. The van der Waals surface area contributed by atoms with Crippen molar-refractivity contribution in [2.75, 3.05) is 26.2 Å². The van der Waals surface area contributed by atoms with Gasteiger partial charge in [-0.3, -0.25) is 14.5 Å². The molecule has 1 aliphatic heterocycles. The van der Waals surface area contributed by atoms with Crippen molar-refractivity contribution in [2.45, 2.75) is 13.0 Å². The molecule has 0 saturated carbocycles. The van der Waals surface area contributed by atoms with Crippen LogP contribution in [0.1, 0.15) is 33.1 Å². The van der Waals surface area contributed by atoms with Crippen LogP contribution in [0.5, 0.6) is 11.5 Å². The Balaban J connectivity index is 1.99. The smallest absolute Gasteiger partial charge is 0.337 e. The molecule has 1 amide bonds. The van der Waals surface area contributed by atoms with E-state index in [1.165, 1.54) is 50.5 Å². The van der Waals surface area contributed by atoms with E-state index in [-0.39, 0.29) is 27.5 Å². The molecule has 3 aromatic rings. The number of aryl methyl sites for hydroxylation is 1. The van der Waals surface area contributed by atoms with Gasteiger partial charge in [-0.2, -0.15) is 0 Å². The van der Waals surface area contributed by atoms with Gasteiger partial charge in [0.2, 0.25) is 0 Å². The zero-order valence-electron chi connectivity index (χ0n) is 20.6. The van der Waals surface area contributed by atoms with Crippen molar-refractivity contribution in [1.29, 1.82) is 0 Å². The first-order valence-electron chi connectivity index (χ1n) is 11.2. The summed E-state index contributed by atoms with van der Waals surface area (Å²) in [7, 11) is 4.13. The Kier molecular flexibility index (Phi) is 7.22. The molecule has 4 rings (SSSR count). The number of rotatable bonds is 6. The number of aliphatic hydroxyl groups excluding tert-OH is 1. The van der Waals surface area contributed by atoms with Crippen molar-refractivity contribution in [1.82, 2.24) is 0 Å². The molecule has 0 aromatic heterocycles. The number of Topliss-reactive ketones (excluding diaryl/α,β-unsaturated/α-hetero) is 1. The van der Waals surface area contributed by atoms with Gasteiger partial charge in [-0.15, -0.1) is 0 Å². The number of ketones is 1. The number of halogens is 1. The van der Waals surface area contributed by atoms with Crippen LogP contribution in [-0.2, 0) is 14.3 Å². The highest BCUT2D eigenvalue weighted by Gasteiger charge is 2.48. The Morgan fingerprint density at radius 3 is 2.27 bits per heavy atom. The average Bonchev–Trinajstić information content (AvgIpc) is 3.17. The van der Waals surface area contributed by atoms with Crippen LogP contribution in [-0.4, -0.2) is 44.1 Å². The van der Waals surface area contributed by atoms with Gasteiger partial charge < -0.3 is 19.3 Å². The number of methoxy groups -OCH3 is 3. The van der Waals surface area contributed by atoms with Crippen LogP contribution < -0.4 is 14.4 Å². The van der Waals surface area contributed by atoms with Gasteiger partial charge in [0.15, 0.2) is 0 Å². The maximum absolute atomic E-state index is 13.5. The first-order chi connectivity index (χ1) is 17.7. The number of carbonyl (C=O) groups is 3. The SMILES string of the molecule is COC(=O)c1ccc(N2C(=O)C(=O)/C(=C(/O)c3cc(C)cc(Cl)c3OC)C2c2ccccc2OC)cc1. The Bertz CT molecular complexity index is 1430. The molecule has 1 fully saturated rings. The molecule has 1 atom stereocenters. The number of amides is 1. The maximum Gasteiger partial charge on any atom is 0.337 e. The van der Waals surface area contributed by atoms with E-state index in [0.717, 1.165) is 0 Å². The predicted octanol–water partition coefficient (Wildman–Crippen LogP) is 5.08. The molecule has 190 valence electrons. The van der Waals surface area contributed by atoms with Gasteiger partial charge in [-0.1, -0.05) is 29.8 Å². The number of benzene rings is 3. The van der Waals surface area contributed by atoms with E-state index < -0.39 is 29.5 Å². The Morgan fingerprint density at radius 1 is 0.973 bits per heavy atom. The molecule has 0 spiro atoms. The number of hydrogen-bond acceptors (Lipinski definition) is 7. The minimum absolute atomic E-state index is 0.161. The number of ether oxygens (including phenoxy) is 3. The molecule has 3 aromatic carbocycles. The number of hydrogen-bond donors (Lipinski definition) is 1. The minimum atomic E-state index is -1.05. The zero-order chi connectivity index (χ0) is 26.9. The molecule has 1 saturated heterocycles. The van der Waals surface area contributed by atoms with Gasteiger partial charge in [0.1, 0.15) is 17.3 Å². The fourth-order valence-electron chi connectivity index (χ4n) is 4.42. The molecular weight excluding hydrogens is 498 g/mol. The predicted molar refractivity (Wildman–Crippen MR) is 138 cm³/mol. The van der Waals surface area contributed by atoms with E-state index in [1.54, 1.807) is 43.3 Å². The van der Waals surface area contributed by atoms with Crippen LogP contribution in [0.4, 0.5) is 5.69 Å². The highest BCUT2D eigenvalue weighted by atomic mass is 35.5. The van der Waals surface area contributed by atoms with E-state index >= 15 is 0 Å². The van der Waals surface area contributed by atoms with Crippen LogP contribution in [0.3, 0.4) is 0 Å². The first kappa shape index (κ1) is 25.8. The minimum Gasteiger partial charge on any atom is -0.507 e. The van der Waals surface area contributed by atoms with Gasteiger partial charge in [0, 0.05) is 11.3 Å².